The van der Waals surface area contributed by atoms with Gasteiger partial charge in [-0.1, -0.05) is 194 Å². The van der Waals surface area contributed by atoms with E-state index in [-0.39, 0.29) is 0 Å². The van der Waals surface area contributed by atoms with Crippen LogP contribution in [0.15, 0.2) is 271 Å². The molecule has 69 heavy (non-hydrogen) atoms. The van der Waals surface area contributed by atoms with Gasteiger partial charge in [-0.25, -0.2) is 0 Å². The van der Waals surface area contributed by atoms with Crippen LogP contribution in [-0.2, 0) is 0 Å². The lowest BCUT2D eigenvalue weighted by Gasteiger charge is -2.28. The minimum absolute atomic E-state index is 0.894. The van der Waals surface area contributed by atoms with Crippen molar-refractivity contribution in [1.82, 2.24) is 4.57 Å². The molecule has 13 aromatic rings. The van der Waals surface area contributed by atoms with Gasteiger partial charge in [-0.05, 0) is 123 Å². The van der Waals surface area contributed by atoms with Crippen LogP contribution in [0.5, 0.6) is 0 Å². The van der Waals surface area contributed by atoms with E-state index in [1.165, 1.54) is 49.6 Å². The van der Waals surface area contributed by atoms with Gasteiger partial charge in [-0.15, -0.1) is 0 Å². The summed E-state index contributed by atoms with van der Waals surface area (Å²) in [5.74, 6) is 0. The molecule has 0 saturated carbocycles. The van der Waals surface area contributed by atoms with Crippen LogP contribution in [0.3, 0.4) is 0 Å². The number of rotatable bonds is 9. The van der Waals surface area contributed by atoms with E-state index in [0.717, 1.165) is 72.5 Å². The lowest BCUT2D eigenvalue weighted by atomic mass is 9.97. The Morgan fingerprint density at radius 2 is 0.710 bits per heavy atom. The Morgan fingerprint density at radius 3 is 1.35 bits per heavy atom. The van der Waals surface area contributed by atoms with Gasteiger partial charge in [-0.3, -0.25) is 0 Å². The van der Waals surface area contributed by atoms with Crippen molar-refractivity contribution in [1.29, 1.82) is 0 Å². The zero-order valence-electron chi connectivity index (χ0n) is 37.7. The molecule has 0 aliphatic heterocycles. The molecule has 13 rings (SSSR count). The van der Waals surface area contributed by atoms with E-state index in [1.54, 1.807) is 0 Å². The fourth-order valence-electron chi connectivity index (χ4n) is 10.2. The highest BCUT2D eigenvalue weighted by Crippen LogP contribution is 2.43. The molecule has 0 bridgehead atoms. The summed E-state index contributed by atoms with van der Waals surface area (Å²) in [5, 5.41) is 4.80. The predicted octanol–water partition coefficient (Wildman–Crippen LogP) is 18.5. The molecule has 0 N–H and O–H groups in total. The number of anilines is 3. The van der Waals surface area contributed by atoms with Crippen molar-refractivity contribution >= 4 is 60.8 Å². The number of fused-ring (bicyclic) bond motifs is 6. The quantitative estimate of drug-likeness (QED) is 0.144. The number of benzene rings is 11. The third-order valence-electron chi connectivity index (χ3n) is 13.6. The average Bonchev–Trinajstić information content (AvgIpc) is 3.97. The van der Waals surface area contributed by atoms with Crippen LogP contribution in [-0.4, -0.2) is 4.57 Å². The summed E-state index contributed by atoms with van der Waals surface area (Å²) in [6, 6.07) is 96.1. The number of aromatic nitrogens is 1. The molecular formula is C66H44N2O. The van der Waals surface area contributed by atoms with Crippen LogP contribution >= 0.6 is 0 Å². The van der Waals surface area contributed by atoms with Gasteiger partial charge < -0.3 is 13.9 Å². The third kappa shape index (κ3) is 7.25. The SMILES string of the molecule is c1ccc(-c2ccc(-c3ccccc3N(c3ccc(-c4ccc(-c5cccc(-n6c7ccccc7c7ccccc76)c5)cc4)cc3)c3ccc(-c4ccc5c(c4)oc4ccccc45)cc3)cc2)cc1. The van der Waals surface area contributed by atoms with Crippen molar-refractivity contribution in [3.05, 3.63) is 267 Å². The number of para-hydroxylation sites is 4. The molecule has 0 aliphatic carbocycles. The van der Waals surface area contributed by atoms with Crippen LogP contribution in [0.2, 0.25) is 0 Å². The van der Waals surface area contributed by atoms with Gasteiger partial charge in [0.2, 0.25) is 0 Å². The van der Waals surface area contributed by atoms with Gasteiger partial charge in [0.25, 0.3) is 0 Å². The van der Waals surface area contributed by atoms with Crippen LogP contribution in [0.25, 0.3) is 105 Å². The standard InChI is InChI=1S/C66H44N2O/c1-2-13-45(14-3-1)46-29-31-51(32-30-46)57-17-4-8-21-62(57)67(55-40-35-50(36-41-55)53-37-42-61-60-20-7-11-24-65(60)69-66(61)44-53)54-38-33-48(34-39-54)47-25-27-49(28-26-47)52-15-12-16-56(43-52)68-63-22-9-5-18-58(63)59-19-6-10-23-64(59)68/h1-44H. The number of hydrogen-bond donors (Lipinski definition) is 0. The van der Waals surface area contributed by atoms with E-state index < -0.39 is 0 Å². The molecule has 3 nitrogen and oxygen atoms in total. The van der Waals surface area contributed by atoms with Gasteiger partial charge in [-0.2, -0.15) is 0 Å². The Labute approximate surface area is 401 Å². The second kappa shape index (κ2) is 16.9. The second-order valence-corrected chi connectivity index (χ2v) is 17.7. The zero-order chi connectivity index (χ0) is 45.7. The molecule has 0 atom stereocenters. The van der Waals surface area contributed by atoms with Gasteiger partial charge >= 0.3 is 0 Å². The third-order valence-corrected chi connectivity index (χ3v) is 13.6. The van der Waals surface area contributed by atoms with Gasteiger partial charge in [0.05, 0.1) is 16.7 Å². The van der Waals surface area contributed by atoms with Gasteiger partial charge in [0.15, 0.2) is 0 Å². The molecule has 0 amide bonds. The van der Waals surface area contributed by atoms with Crippen LogP contribution in [0.4, 0.5) is 17.1 Å². The Hall–Kier alpha value is -9.18. The summed E-state index contributed by atoms with van der Waals surface area (Å²) in [6.45, 7) is 0. The molecule has 324 valence electrons. The van der Waals surface area contributed by atoms with Gasteiger partial charge in [0.1, 0.15) is 11.2 Å². The zero-order valence-corrected chi connectivity index (χ0v) is 37.7. The van der Waals surface area contributed by atoms with E-state index in [4.69, 9.17) is 4.42 Å². The maximum absolute atomic E-state index is 6.28. The lowest BCUT2D eigenvalue weighted by Crippen LogP contribution is -2.11. The Bertz CT molecular complexity index is 3920. The number of hydrogen-bond acceptors (Lipinski definition) is 2. The minimum Gasteiger partial charge on any atom is -0.456 e. The molecule has 3 heteroatoms. The van der Waals surface area contributed by atoms with E-state index in [1.807, 2.05) is 12.1 Å². The van der Waals surface area contributed by atoms with Crippen molar-refractivity contribution < 1.29 is 4.42 Å². The maximum atomic E-state index is 6.28. The van der Waals surface area contributed by atoms with Crippen LogP contribution in [0, 0.1) is 0 Å². The van der Waals surface area contributed by atoms with Crippen molar-refractivity contribution in [3.63, 3.8) is 0 Å². The molecule has 0 saturated heterocycles. The van der Waals surface area contributed by atoms with E-state index in [2.05, 4.69) is 264 Å². The van der Waals surface area contributed by atoms with E-state index in [0.29, 0.717) is 0 Å². The van der Waals surface area contributed by atoms with Gasteiger partial charge in [0, 0.05) is 44.2 Å². The molecule has 2 heterocycles. The first-order valence-electron chi connectivity index (χ1n) is 23.6. The Morgan fingerprint density at radius 1 is 0.275 bits per heavy atom. The molecular weight excluding hydrogens is 837 g/mol. The monoisotopic (exact) mass is 880 g/mol. The molecule has 0 radical (unpaired) electrons. The molecule has 0 fully saturated rings. The predicted molar refractivity (Wildman–Crippen MR) is 290 cm³/mol. The maximum Gasteiger partial charge on any atom is 0.136 e. The Balaban J connectivity index is 0.840. The normalized spacial score (nSPS) is 11.5. The van der Waals surface area contributed by atoms with Crippen LogP contribution < -0.4 is 4.90 Å². The van der Waals surface area contributed by atoms with Crippen molar-refractivity contribution in [2.45, 2.75) is 0 Å². The summed E-state index contributed by atoms with van der Waals surface area (Å²) in [6.07, 6.45) is 0. The van der Waals surface area contributed by atoms with E-state index >= 15 is 0 Å². The minimum atomic E-state index is 0.894. The van der Waals surface area contributed by atoms with Crippen molar-refractivity contribution in [2.75, 3.05) is 4.90 Å². The van der Waals surface area contributed by atoms with Crippen molar-refractivity contribution in [2.24, 2.45) is 0 Å². The summed E-state index contributed by atoms with van der Waals surface area (Å²) in [5.41, 5.74) is 20.3. The fourth-order valence-corrected chi connectivity index (χ4v) is 10.2. The molecule has 2 aromatic heterocycles. The fraction of sp³-hybridized carbons (Fsp3) is 0. The summed E-state index contributed by atoms with van der Waals surface area (Å²) < 4.78 is 8.66. The first kappa shape index (κ1) is 40.1. The summed E-state index contributed by atoms with van der Waals surface area (Å²) >= 11 is 0. The molecule has 0 aliphatic rings. The molecule has 0 unspecified atom stereocenters. The first-order chi connectivity index (χ1) is 34.2. The first-order valence-corrected chi connectivity index (χ1v) is 23.6. The average molecular weight is 881 g/mol. The highest BCUT2D eigenvalue weighted by Gasteiger charge is 2.19. The molecule has 11 aromatic carbocycles. The lowest BCUT2D eigenvalue weighted by molar-refractivity contribution is 0.669. The van der Waals surface area contributed by atoms with E-state index in [9.17, 15) is 0 Å². The summed E-state index contributed by atoms with van der Waals surface area (Å²) in [4.78, 5) is 2.38. The largest absolute Gasteiger partial charge is 0.456 e. The second-order valence-electron chi connectivity index (χ2n) is 17.7. The van der Waals surface area contributed by atoms with Crippen molar-refractivity contribution in [3.8, 4) is 61.3 Å². The highest BCUT2D eigenvalue weighted by atomic mass is 16.3. The Kier molecular flexibility index (Phi) is 9.84. The molecule has 0 spiro atoms. The highest BCUT2D eigenvalue weighted by molar-refractivity contribution is 6.09. The topological polar surface area (TPSA) is 21.3 Å². The number of furan rings is 1. The number of nitrogens with zero attached hydrogens (tertiary/aromatic N) is 2. The summed E-state index contributed by atoms with van der Waals surface area (Å²) in [7, 11) is 0. The smallest absolute Gasteiger partial charge is 0.136 e. The van der Waals surface area contributed by atoms with Crippen LogP contribution in [0.1, 0.15) is 0 Å².